The lowest BCUT2D eigenvalue weighted by molar-refractivity contribution is -0.161. The van der Waals surface area contributed by atoms with Gasteiger partial charge in [0.05, 0.1) is 6.10 Å². The maximum absolute atomic E-state index is 12.3. The maximum Gasteiger partial charge on any atom is 0.135 e. The fraction of sp³-hybridized carbons (Fsp3) is 0.967. The predicted molar refractivity (Wildman–Crippen MR) is 131 cm³/mol. The summed E-state index contributed by atoms with van der Waals surface area (Å²) in [6.07, 6.45) is 13.8. The Morgan fingerprint density at radius 3 is 2.19 bits per heavy atom. The fourth-order valence-corrected chi connectivity index (χ4v) is 11.2. The first-order valence-corrected chi connectivity index (χ1v) is 14.1. The van der Waals surface area contributed by atoms with Crippen LogP contribution in [0.1, 0.15) is 119 Å². The van der Waals surface area contributed by atoms with Crippen LogP contribution < -0.4 is 0 Å². The van der Waals surface area contributed by atoms with Crippen LogP contribution in [0.25, 0.3) is 0 Å². The van der Waals surface area contributed by atoms with Gasteiger partial charge in [-0.05, 0) is 115 Å². The van der Waals surface area contributed by atoms with E-state index in [1.54, 1.807) is 0 Å². The number of aliphatic hydroxyl groups is 1. The van der Waals surface area contributed by atoms with Crippen molar-refractivity contribution in [3.8, 4) is 0 Å². The van der Waals surface area contributed by atoms with Crippen molar-refractivity contribution < 1.29 is 9.90 Å². The molecule has 9 atom stereocenters. The van der Waals surface area contributed by atoms with Gasteiger partial charge in [-0.25, -0.2) is 0 Å². The first-order valence-electron chi connectivity index (χ1n) is 14.1. The Bertz CT molecular complexity index is 784. The van der Waals surface area contributed by atoms with E-state index in [1.807, 2.05) is 0 Å². The molecule has 2 heteroatoms. The van der Waals surface area contributed by atoms with Crippen LogP contribution in [-0.2, 0) is 4.79 Å². The SMILES string of the molecule is CC(C)C(=O)CCC(C)[C@H]1CC[C@@]2(C)C3CC[C@H]4C(C)(C)[C@@H](O)CC[C@@]45C[C@@]35CC[C@]12C. The summed E-state index contributed by atoms with van der Waals surface area (Å²) in [5.41, 5.74) is 2.10. The zero-order valence-electron chi connectivity index (χ0n) is 22.1. The standard InChI is InChI=1S/C30H50O2/c1-19(2)22(31)9-8-20(3)21-12-14-28(7)24-11-10-23-26(4,5)25(32)13-15-29(23)18-30(24,29)17-16-27(21,28)6/h19-21,23-25,32H,8-18H2,1-7H3/t20?,21-,23+,24?,25+,27-,28+,29-,30+/m1/s1. The molecule has 2 spiro atoms. The van der Waals surface area contributed by atoms with Crippen molar-refractivity contribution in [2.24, 2.45) is 56.7 Å². The highest BCUT2D eigenvalue weighted by atomic mass is 16.3. The Morgan fingerprint density at radius 1 is 0.844 bits per heavy atom. The van der Waals surface area contributed by atoms with Crippen LogP contribution in [0.3, 0.4) is 0 Å². The number of ketones is 1. The average molecular weight is 443 g/mol. The fourth-order valence-electron chi connectivity index (χ4n) is 11.2. The first kappa shape index (κ1) is 23.4. The highest BCUT2D eigenvalue weighted by molar-refractivity contribution is 5.80. The lowest BCUT2D eigenvalue weighted by Crippen LogP contribution is -2.57. The number of carbonyl (C=O) groups excluding carboxylic acids is 1. The Kier molecular flexibility index (Phi) is 5.17. The second kappa shape index (κ2) is 7.08. The van der Waals surface area contributed by atoms with Gasteiger partial charge in [0.1, 0.15) is 5.78 Å². The van der Waals surface area contributed by atoms with Gasteiger partial charge in [0.2, 0.25) is 0 Å². The van der Waals surface area contributed by atoms with Gasteiger partial charge >= 0.3 is 0 Å². The summed E-state index contributed by atoms with van der Waals surface area (Å²) in [5, 5.41) is 10.8. The van der Waals surface area contributed by atoms with E-state index < -0.39 is 0 Å². The molecule has 5 aliphatic carbocycles. The Hall–Kier alpha value is -0.370. The maximum atomic E-state index is 12.3. The Morgan fingerprint density at radius 2 is 1.50 bits per heavy atom. The summed E-state index contributed by atoms with van der Waals surface area (Å²) in [4.78, 5) is 12.3. The zero-order valence-corrected chi connectivity index (χ0v) is 22.1. The van der Waals surface area contributed by atoms with Gasteiger partial charge in [-0.2, -0.15) is 0 Å². The van der Waals surface area contributed by atoms with Gasteiger partial charge in [-0.15, -0.1) is 0 Å². The lowest BCUT2D eigenvalue weighted by atomic mass is 9.41. The van der Waals surface area contributed by atoms with E-state index in [0.29, 0.717) is 33.4 Å². The van der Waals surface area contributed by atoms with E-state index in [-0.39, 0.29) is 17.4 Å². The smallest absolute Gasteiger partial charge is 0.135 e. The summed E-state index contributed by atoms with van der Waals surface area (Å²) < 4.78 is 0. The van der Waals surface area contributed by atoms with Crippen LogP contribution >= 0.6 is 0 Å². The van der Waals surface area contributed by atoms with Gasteiger partial charge in [-0.1, -0.05) is 48.5 Å². The zero-order chi connectivity index (χ0) is 23.3. The molecule has 2 nitrogen and oxygen atoms in total. The molecule has 0 aromatic heterocycles. The van der Waals surface area contributed by atoms with E-state index in [1.165, 1.54) is 51.4 Å². The van der Waals surface area contributed by atoms with Gasteiger partial charge in [0.15, 0.2) is 0 Å². The second-order valence-electron chi connectivity index (χ2n) is 14.7. The third-order valence-electron chi connectivity index (χ3n) is 13.3. The minimum atomic E-state index is -0.109. The molecule has 32 heavy (non-hydrogen) atoms. The number of fused-ring (bicyclic) bond motifs is 2. The molecule has 0 aromatic rings. The summed E-state index contributed by atoms with van der Waals surface area (Å²) in [5.74, 6) is 3.67. The molecule has 5 rings (SSSR count). The molecule has 0 aromatic carbocycles. The molecule has 0 amide bonds. The third kappa shape index (κ3) is 2.71. The number of Topliss-reactive ketones (excluding diaryl/α,β-unsaturated/α-hetero) is 1. The number of carbonyl (C=O) groups is 1. The van der Waals surface area contributed by atoms with Crippen molar-refractivity contribution in [3.05, 3.63) is 0 Å². The monoisotopic (exact) mass is 442 g/mol. The van der Waals surface area contributed by atoms with Crippen molar-refractivity contribution in [2.75, 3.05) is 0 Å². The molecule has 0 aliphatic heterocycles. The summed E-state index contributed by atoms with van der Waals surface area (Å²) in [6.45, 7) is 16.7. The van der Waals surface area contributed by atoms with E-state index in [0.717, 1.165) is 37.0 Å². The first-order chi connectivity index (χ1) is 14.9. The van der Waals surface area contributed by atoms with Crippen LogP contribution in [0.5, 0.6) is 0 Å². The van der Waals surface area contributed by atoms with E-state index in [4.69, 9.17) is 0 Å². The molecule has 5 fully saturated rings. The molecule has 2 unspecified atom stereocenters. The molecule has 5 aliphatic rings. The number of rotatable bonds is 5. The molecule has 1 N–H and O–H groups in total. The van der Waals surface area contributed by atoms with Crippen LogP contribution in [0.15, 0.2) is 0 Å². The number of aliphatic hydroxyl groups excluding tert-OH is 1. The highest BCUT2D eigenvalue weighted by Crippen LogP contribution is 2.89. The van der Waals surface area contributed by atoms with E-state index in [2.05, 4.69) is 48.5 Å². The predicted octanol–water partition coefficient (Wildman–Crippen LogP) is 7.43. The van der Waals surface area contributed by atoms with Gasteiger partial charge in [-0.3, -0.25) is 4.79 Å². The van der Waals surface area contributed by atoms with Crippen LogP contribution in [0.4, 0.5) is 0 Å². The molecular formula is C30H50O2. The summed E-state index contributed by atoms with van der Waals surface area (Å²) in [6, 6.07) is 0. The number of hydrogen-bond acceptors (Lipinski definition) is 2. The van der Waals surface area contributed by atoms with Crippen molar-refractivity contribution in [1.82, 2.24) is 0 Å². The summed E-state index contributed by atoms with van der Waals surface area (Å²) in [7, 11) is 0. The van der Waals surface area contributed by atoms with Crippen molar-refractivity contribution in [2.45, 2.75) is 125 Å². The van der Waals surface area contributed by atoms with Crippen LogP contribution in [0.2, 0.25) is 0 Å². The van der Waals surface area contributed by atoms with Crippen molar-refractivity contribution >= 4 is 5.78 Å². The molecule has 0 radical (unpaired) electrons. The molecule has 0 saturated heterocycles. The minimum absolute atomic E-state index is 0.0874. The van der Waals surface area contributed by atoms with E-state index in [9.17, 15) is 9.90 Å². The molecule has 5 saturated carbocycles. The quantitative estimate of drug-likeness (QED) is 0.481. The lowest BCUT2D eigenvalue weighted by Gasteiger charge is -2.63. The van der Waals surface area contributed by atoms with Crippen molar-refractivity contribution in [3.63, 3.8) is 0 Å². The molecule has 0 heterocycles. The van der Waals surface area contributed by atoms with Gasteiger partial charge in [0.25, 0.3) is 0 Å². The number of hydrogen-bond donors (Lipinski definition) is 1. The van der Waals surface area contributed by atoms with Crippen LogP contribution in [0, 0.1) is 56.7 Å². The molecular weight excluding hydrogens is 392 g/mol. The van der Waals surface area contributed by atoms with Crippen molar-refractivity contribution in [1.29, 1.82) is 0 Å². The second-order valence-corrected chi connectivity index (χ2v) is 14.7. The van der Waals surface area contributed by atoms with Gasteiger partial charge < -0.3 is 5.11 Å². The molecule has 0 bridgehead atoms. The average Bonchev–Trinajstić information content (AvgIpc) is 3.31. The summed E-state index contributed by atoms with van der Waals surface area (Å²) >= 11 is 0. The third-order valence-corrected chi connectivity index (χ3v) is 13.3. The topological polar surface area (TPSA) is 37.3 Å². The normalized spacial score (nSPS) is 51.9. The molecule has 182 valence electrons. The highest BCUT2D eigenvalue weighted by Gasteiger charge is 2.82. The minimum Gasteiger partial charge on any atom is -0.393 e. The Labute approximate surface area is 197 Å². The van der Waals surface area contributed by atoms with Gasteiger partial charge in [0, 0.05) is 12.3 Å². The van der Waals surface area contributed by atoms with E-state index >= 15 is 0 Å². The Balaban J connectivity index is 1.39. The largest absolute Gasteiger partial charge is 0.393 e. The van der Waals surface area contributed by atoms with Crippen LogP contribution in [-0.4, -0.2) is 17.0 Å².